The summed E-state index contributed by atoms with van der Waals surface area (Å²) in [5.41, 5.74) is 0. The number of carbonyl (C=O) groups is 1. The van der Waals surface area contributed by atoms with Crippen LogP contribution in [0.2, 0.25) is 0 Å². The van der Waals surface area contributed by atoms with Crippen LogP contribution in [0.4, 0.5) is 0 Å². The molecule has 2 nitrogen and oxygen atoms in total. The third-order valence-electron chi connectivity index (χ3n) is 4.36. The van der Waals surface area contributed by atoms with E-state index in [0.29, 0.717) is 6.54 Å². The van der Waals surface area contributed by atoms with Crippen LogP contribution in [-0.2, 0) is 4.79 Å². The van der Waals surface area contributed by atoms with Crippen molar-refractivity contribution in [1.29, 1.82) is 0 Å². The molecule has 3 heteroatoms. The molecule has 0 aromatic rings. The Labute approximate surface area is 112 Å². The van der Waals surface area contributed by atoms with E-state index in [-0.39, 0.29) is 11.8 Å². The summed E-state index contributed by atoms with van der Waals surface area (Å²) >= 11 is 3.27. The normalized spacial score (nSPS) is 32.6. The number of hydrogen-bond donors (Lipinski definition) is 1. The Morgan fingerprint density at radius 2 is 1.88 bits per heavy atom. The van der Waals surface area contributed by atoms with Gasteiger partial charge in [-0.15, -0.1) is 0 Å². The van der Waals surface area contributed by atoms with Crippen LogP contribution in [0.3, 0.4) is 0 Å². The van der Waals surface area contributed by atoms with Gasteiger partial charge < -0.3 is 5.32 Å². The van der Waals surface area contributed by atoms with Crippen LogP contribution in [0.5, 0.6) is 0 Å². The van der Waals surface area contributed by atoms with Gasteiger partial charge in [0, 0.05) is 16.9 Å². The lowest BCUT2D eigenvalue weighted by atomic mass is 9.67. The number of nitrogens with one attached hydrogen (secondary N) is 1. The highest BCUT2D eigenvalue weighted by atomic mass is 79.9. The maximum absolute atomic E-state index is 12.0. The zero-order valence-corrected chi connectivity index (χ0v) is 12.0. The molecule has 0 aliphatic heterocycles. The predicted molar refractivity (Wildman–Crippen MR) is 73.9 cm³/mol. The van der Waals surface area contributed by atoms with E-state index in [9.17, 15) is 4.79 Å². The molecule has 0 bridgehead atoms. The van der Waals surface area contributed by atoms with Gasteiger partial charge in [0.15, 0.2) is 0 Å². The third-order valence-corrected chi connectivity index (χ3v) is 4.65. The fraction of sp³-hybridized carbons (Fsp3) is 0.786. The molecule has 3 unspecified atom stereocenters. The van der Waals surface area contributed by atoms with E-state index < -0.39 is 0 Å². The molecule has 2 aliphatic rings. The number of fused-ring (bicyclic) bond motifs is 1. The number of carbonyl (C=O) groups excluding carboxylic acids is 1. The van der Waals surface area contributed by atoms with Gasteiger partial charge in [-0.3, -0.25) is 4.79 Å². The summed E-state index contributed by atoms with van der Waals surface area (Å²) in [5, 5.41) is 2.96. The topological polar surface area (TPSA) is 29.1 Å². The highest BCUT2D eigenvalue weighted by Gasteiger charge is 2.34. The SMILES string of the molecule is C=C(Br)CNC(=O)C1CCC2CCCCC2C1. The highest BCUT2D eigenvalue weighted by molar-refractivity contribution is 9.11. The van der Waals surface area contributed by atoms with Crippen molar-refractivity contribution in [3.05, 3.63) is 11.1 Å². The van der Waals surface area contributed by atoms with Gasteiger partial charge in [0.25, 0.3) is 0 Å². The van der Waals surface area contributed by atoms with Crippen molar-refractivity contribution in [2.24, 2.45) is 17.8 Å². The van der Waals surface area contributed by atoms with E-state index in [1.807, 2.05) is 0 Å². The molecular formula is C14H22BrNO. The second-order valence-electron chi connectivity index (χ2n) is 5.55. The van der Waals surface area contributed by atoms with Crippen LogP contribution in [-0.4, -0.2) is 12.5 Å². The minimum absolute atomic E-state index is 0.231. The summed E-state index contributed by atoms with van der Waals surface area (Å²) in [6.45, 7) is 4.30. The van der Waals surface area contributed by atoms with Crippen LogP contribution in [0, 0.1) is 17.8 Å². The van der Waals surface area contributed by atoms with Crippen molar-refractivity contribution in [3.63, 3.8) is 0 Å². The van der Waals surface area contributed by atoms with Gasteiger partial charge in [-0.1, -0.05) is 48.2 Å². The second-order valence-corrected chi connectivity index (χ2v) is 6.67. The molecule has 3 atom stereocenters. The van der Waals surface area contributed by atoms with Crippen molar-refractivity contribution < 1.29 is 4.79 Å². The minimum atomic E-state index is 0.231. The van der Waals surface area contributed by atoms with Crippen LogP contribution in [0.25, 0.3) is 0 Å². The average molecular weight is 300 g/mol. The van der Waals surface area contributed by atoms with Crippen LogP contribution in [0.1, 0.15) is 44.9 Å². The quantitative estimate of drug-likeness (QED) is 0.847. The van der Waals surface area contributed by atoms with E-state index in [0.717, 1.165) is 29.2 Å². The molecule has 0 aromatic heterocycles. The van der Waals surface area contributed by atoms with Gasteiger partial charge >= 0.3 is 0 Å². The Balaban J connectivity index is 1.82. The summed E-state index contributed by atoms with van der Waals surface area (Å²) in [4.78, 5) is 12.0. The lowest BCUT2D eigenvalue weighted by Crippen LogP contribution is -2.37. The molecule has 2 rings (SSSR count). The van der Waals surface area contributed by atoms with Crippen molar-refractivity contribution in [3.8, 4) is 0 Å². The Morgan fingerprint density at radius 1 is 1.18 bits per heavy atom. The Kier molecular flexibility index (Phi) is 4.66. The maximum Gasteiger partial charge on any atom is 0.223 e. The van der Waals surface area contributed by atoms with Gasteiger partial charge in [-0.25, -0.2) is 0 Å². The number of amides is 1. The molecule has 1 amide bonds. The van der Waals surface area contributed by atoms with Gasteiger partial charge in [0.2, 0.25) is 5.91 Å². The van der Waals surface area contributed by atoms with Crippen LogP contribution < -0.4 is 5.32 Å². The fourth-order valence-electron chi connectivity index (χ4n) is 3.44. The first-order valence-corrected chi connectivity index (χ1v) is 7.57. The molecular weight excluding hydrogens is 278 g/mol. The average Bonchev–Trinajstić information content (AvgIpc) is 2.35. The summed E-state index contributed by atoms with van der Waals surface area (Å²) in [5.74, 6) is 2.22. The lowest BCUT2D eigenvalue weighted by Gasteiger charge is -2.38. The summed E-state index contributed by atoms with van der Waals surface area (Å²) in [7, 11) is 0. The molecule has 0 spiro atoms. The molecule has 0 heterocycles. The van der Waals surface area contributed by atoms with Crippen LogP contribution >= 0.6 is 15.9 Å². The van der Waals surface area contributed by atoms with Crippen LogP contribution in [0.15, 0.2) is 11.1 Å². The Hall–Kier alpha value is -0.310. The van der Waals surface area contributed by atoms with Gasteiger partial charge in [0.05, 0.1) is 0 Å². The maximum atomic E-state index is 12.0. The summed E-state index contributed by atoms with van der Waals surface area (Å²) in [6.07, 6.45) is 8.98. The van der Waals surface area contributed by atoms with E-state index in [4.69, 9.17) is 0 Å². The lowest BCUT2D eigenvalue weighted by molar-refractivity contribution is -0.127. The molecule has 96 valence electrons. The molecule has 0 radical (unpaired) electrons. The predicted octanol–water partition coefficient (Wildman–Crippen LogP) is 3.62. The molecule has 1 N–H and O–H groups in total. The summed E-state index contributed by atoms with van der Waals surface area (Å²) < 4.78 is 0.845. The molecule has 0 aromatic carbocycles. The summed E-state index contributed by atoms with van der Waals surface area (Å²) in [6, 6.07) is 0. The van der Waals surface area contributed by atoms with Crippen molar-refractivity contribution in [1.82, 2.24) is 5.32 Å². The first kappa shape index (κ1) is 13.1. The molecule has 0 saturated heterocycles. The smallest absolute Gasteiger partial charge is 0.223 e. The molecule has 2 saturated carbocycles. The van der Waals surface area contributed by atoms with Gasteiger partial charge in [-0.2, -0.15) is 0 Å². The first-order valence-electron chi connectivity index (χ1n) is 6.78. The van der Waals surface area contributed by atoms with Gasteiger partial charge in [0.1, 0.15) is 0 Å². The monoisotopic (exact) mass is 299 g/mol. The zero-order valence-electron chi connectivity index (χ0n) is 10.4. The Bertz CT molecular complexity index is 303. The molecule has 17 heavy (non-hydrogen) atoms. The van der Waals surface area contributed by atoms with E-state index in [2.05, 4.69) is 27.8 Å². The minimum Gasteiger partial charge on any atom is -0.351 e. The van der Waals surface area contributed by atoms with E-state index in [1.165, 1.54) is 32.1 Å². The van der Waals surface area contributed by atoms with Crippen molar-refractivity contribution in [2.45, 2.75) is 44.9 Å². The van der Waals surface area contributed by atoms with E-state index >= 15 is 0 Å². The van der Waals surface area contributed by atoms with Gasteiger partial charge in [-0.05, 0) is 31.1 Å². The zero-order chi connectivity index (χ0) is 12.3. The Morgan fingerprint density at radius 3 is 2.59 bits per heavy atom. The number of rotatable bonds is 3. The first-order chi connectivity index (χ1) is 8.16. The van der Waals surface area contributed by atoms with Crippen molar-refractivity contribution >= 4 is 21.8 Å². The largest absolute Gasteiger partial charge is 0.351 e. The highest BCUT2D eigenvalue weighted by Crippen LogP contribution is 2.42. The number of hydrogen-bond acceptors (Lipinski definition) is 1. The standard InChI is InChI=1S/C14H22BrNO/c1-10(15)9-16-14(17)13-7-6-11-4-2-3-5-12(11)8-13/h11-13H,1-9H2,(H,16,17). The molecule has 2 aliphatic carbocycles. The number of halogens is 1. The second kappa shape index (κ2) is 6.03. The van der Waals surface area contributed by atoms with Crippen molar-refractivity contribution in [2.75, 3.05) is 6.54 Å². The fourth-order valence-corrected chi connectivity index (χ4v) is 3.58. The van der Waals surface area contributed by atoms with E-state index in [1.54, 1.807) is 0 Å². The molecule has 2 fully saturated rings. The third kappa shape index (κ3) is 3.57.